The third-order valence-corrected chi connectivity index (χ3v) is 8.14. The van der Waals surface area contributed by atoms with Gasteiger partial charge in [-0.3, -0.25) is 0 Å². The maximum atomic E-state index is 12.2. The molecule has 2 aromatic carbocycles. The predicted molar refractivity (Wildman–Crippen MR) is 130 cm³/mol. The van der Waals surface area contributed by atoms with Gasteiger partial charge in [0.05, 0.1) is 24.3 Å². The van der Waals surface area contributed by atoms with Crippen LogP contribution in [0.4, 0.5) is 0 Å². The Morgan fingerprint density at radius 3 is 1.51 bits per heavy atom. The van der Waals surface area contributed by atoms with E-state index in [1.54, 1.807) is 12.1 Å². The summed E-state index contributed by atoms with van der Waals surface area (Å²) in [5.41, 5.74) is 1.43. The van der Waals surface area contributed by atoms with Gasteiger partial charge in [-0.1, -0.05) is 24.3 Å². The number of ether oxygens (including phenoxy) is 5. The van der Waals surface area contributed by atoms with Crippen molar-refractivity contribution in [3.05, 3.63) is 59.7 Å². The Hall–Kier alpha value is -1.90. The Labute approximate surface area is 205 Å². The number of aliphatic hydroxyl groups is 2. The van der Waals surface area contributed by atoms with Crippen molar-refractivity contribution in [2.75, 3.05) is 26.4 Å². The molecule has 0 aromatic heterocycles. The molecule has 4 rings (SSSR count). The lowest BCUT2D eigenvalue weighted by atomic mass is 10.1. The third kappa shape index (κ3) is 6.66. The van der Waals surface area contributed by atoms with Crippen molar-refractivity contribution in [3.8, 4) is 11.5 Å². The molecule has 0 radical (unpaired) electrons. The monoisotopic (exact) mass is 522 g/mol. The standard InChI is InChI=1S/C24H28O9P2/c1-15(25)32-23-21(34(23)27)17-7-3-5-9-19(17)30-13-11-29-12-14-31-20-10-6-4-8-18(20)22-24(35(22)28)33-16(2)26/h3-10,15-16,23-26H,11-14H2,1-2H3. The lowest BCUT2D eigenvalue weighted by Gasteiger charge is -2.11. The molecule has 6 atom stereocenters. The zero-order valence-corrected chi connectivity index (χ0v) is 21.2. The molecule has 0 amide bonds. The van der Waals surface area contributed by atoms with Crippen LogP contribution in [0.5, 0.6) is 11.5 Å². The number of hydrogen-bond donors (Lipinski definition) is 2. The minimum Gasteiger partial charge on any atom is -0.628 e. The quantitative estimate of drug-likeness (QED) is 0.213. The molecule has 0 saturated heterocycles. The van der Waals surface area contributed by atoms with E-state index in [0.717, 1.165) is 0 Å². The van der Waals surface area contributed by atoms with E-state index in [9.17, 15) is 20.0 Å². The molecule has 2 aliphatic rings. The molecule has 11 heteroatoms. The van der Waals surface area contributed by atoms with E-state index in [1.807, 2.05) is 36.4 Å². The van der Waals surface area contributed by atoms with Gasteiger partial charge in [0.2, 0.25) is 10.6 Å². The topological polar surface area (TPSA) is 133 Å². The first-order chi connectivity index (χ1) is 16.9. The summed E-state index contributed by atoms with van der Waals surface area (Å²) in [5, 5.41) is 20.0. The third-order valence-electron chi connectivity index (χ3n) is 5.18. The first-order valence-corrected chi connectivity index (χ1v) is 13.9. The molecule has 188 valence electrons. The number of benzene rings is 2. The Morgan fingerprint density at radius 1 is 0.714 bits per heavy atom. The SMILES string of the molecule is CC(O)OC1C(c2ccccc2OCCOCCOc2ccccc2C2=[P+]([O-])C2OC(C)O)=[P+]1[O-]. The van der Waals surface area contributed by atoms with Crippen LogP contribution in [-0.2, 0) is 14.2 Å². The van der Waals surface area contributed by atoms with Crippen molar-refractivity contribution in [2.24, 2.45) is 0 Å². The van der Waals surface area contributed by atoms with Crippen LogP contribution in [-0.4, -0.2) is 71.5 Å². The molecule has 2 N–H and O–H groups in total. The van der Waals surface area contributed by atoms with Crippen LogP contribution in [0.25, 0.3) is 0 Å². The largest absolute Gasteiger partial charge is 0.628 e. The van der Waals surface area contributed by atoms with E-state index in [1.165, 1.54) is 13.8 Å². The van der Waals surface area contributed by atoms with Gasteiger partial charge in [-0.2, -0.15) is 0 Å². The molecule has 0 bridgehead atoms. The number of para-hydroxylation sites is 2. The second-order valence-electron chi connectivity index (χ2n) is 7.90. The van der Waals surface area contributed by atoms with Crippen molar-refractivity contribution in [1.82, 2.24) is 0 Å². The normalized spacial score (nSPS) is 22.7. The van der Waals surface area contributed by atoms with Crippen molar-refractivity contribution >= 4 is 26.1 Å². The predicted octanol–water partition coefficient (Wildman–Crippen LogP) is 1.11. The van der Waals surface area contributed by atoms with Gasteiger partial charge in [0.1, 0.15) is 40.3 Å². The molecule has 6 unspecified atom stereocenters. The van der Waals surface area contributed by atoms with Gasteiger partial charge in [-0.15, -0.1) is 0 Å². The highest BCUT2D eigenvalue weighted by molar-refractivity contribution is 7.65. The van der Waals surface area contributed by atoms with Gasteiger partial charge >= 0.3 is 0 Å². The van der Waals surface area contributed by atoms with Crippen molar-refractivity contribution in [3.63, 3.8) is 0 Å². The summed E-state index contributed by atoms with van der Waals surface area (Å²) in [5.74, 6) is 0.0143. The number of hydrogen-bond acceptors (Lipinski definition) is 9. The average molecular weight is 522 g/mol. The van der Waals surface area contributed by atoms with Crippen molar-refractivity contribution in [2.45, 2.75) is 38.1 Å². The maximum Gasteiger partial charge on any atom is 0.279 e. The first kappa shape index (κ1) is 26.2. The molecule has 9 nitrogen and oxygen atoms in total. The Kier molecular flexibility index (Phi) is 8.89. The first-order valence-electron chi connectivity index (χ1n) is 11.2. The zero-order chi connectivity index (χ0) is 24.9. The summed E-state index contributed by atoms with van der Waals surface area (Å²) in [4.78, 5) is 24.3. The molecule has 2 aromatic rings. The van der Waals surface area contributed by atoms with E-state index in [2.05, 4.69) is 0 Å². The van der Waals surface area contributed by atoms with Gasteiger partial charge in [0.15, 0.2) is 12.6 Å². The fourth-order valence-electron chi connectivity index (χ4n) is 3.57. The van der Waals surface area contributed by atoms with E-state index >= 15 is 0 Å². The fraction of sp³-hybridized carbons (Fsp3) is 0.417. The highest BCUT2D eigenvalue weighted by atomic mass is 31.1. The lowest BCUT2D eigenvalue weighted by Crippen LogP contribution is -2.16. The van der Waals surface area contributed by atoms with Crippen LogP contribution in [0.1, 0.15) is 25.0 Å². The summed E-state index contributed by atoms with van der Waals surface area (Å²) in [6.45, 7) is 4.18. The molecule has 0 aliphatic carbocycles. The molecule has 2 heterocycles. The summed E-state index contributed by atoms with van der Waals surface area (Å²) in [7, 11) is -3.34. The smallest absolute Gasteiger partial charge is 0.279 e. The minimum atomic E-state index is -1.67. The molecule has 0 fully saturated rings. The summed E-state index contributed by atoms with van der Waals surface area (Å²) in [6, 6.07) is 14.5. The lowest BCUT2D eigenvalue weighted by molar-refractivity contribution is -0.161. The van der Waals surface area contributed by atoms with E-state index in [-0.39, 0.29) is 13.2 Å². The molecule has 0 saturated carbocycles. The van der Waals surface area contributed by atoms with Crippen LogP contribution in [0.3, 0.4) is 0 Å². The highest BCUT2D eigenvalue weighted by Crippen LogP contribution is 2.48. The number of rotatable bonds is 14. The minimum absolute atomic E-state index is 0.288. The second kappa shape index (κ2) is 11.9. The van der Waals surface area contributed by atoms with Gasteiger partial charge in [0, 0.05) is 0 Å². The molecular formula is C24H28O9P2. The van der Waals surface area contributed by atoms with Crippen LogP contribution >= 0.6 is 15.5 Å². The van der Waals surface area contributed by atoms with Gasteiger partial charge in [-0.25, -0.2) is 0 Å². The van der Waals surface area contributed by atoms with Crippen LogP contribution in [0.2, 0.25) is 0 Å². The van der Waals surface area contributed by atoms with Crippen LogP contribution in [0, 0.1) is 0 Å². The van der Waals surface area contributed by atoms with E-state index < -0.39 is 39.8 Å². The molecule has 35 heavy (non-hydrogen) atoms. The van der Waals surface area contributed by atoms with Gasteiger partial charge in [-0.05, 0) is 38.1 Å². The fourth-order valence-corrected chi connectivity index (χ4v) is 6.31. The van der Waals surface area contributed by atoms with Crippen molar-refractivity contribution < 1.29 is 43.7 Å². The summed E-state index contributed by atoms with van der Waals surface area (Å²) >= 11 is 0. The zero-order valence-electron chi connectivity index (χ0n) is 19.4. The van der Waals surface area contributed by atoms with E-state index in [4.69, 9.17) is 23.7 Å². The van der Waals surface area contributed by atoms with Gasteiger partial charge in [0.25, 0.3) is 11.7 Å². The Bertz CT molecular complexity index is 1010. The Morgan fingerprint density at radius 2 is 1.11 bits per heavy atom. The molecule has 2 aliphatic heterocycles. The van der Waals surface area contributed by atoms with Crippen LogP contribution in [0.15, 0.2) is 48.5 Å². The molecule has 0 spiro atoms. The number of aliphatic hydroxyl groups excluding tert-OH is 2. The van der Waals surface area contributed by atoms with Crippen LogP contribution < -0.4 is 19.3 Å². The second-order valence-corrected chi connectivity index (χ2v) is 11.1. The van der Waals surface area contributed by atoms with E-state index in [0.29, 0.717) is 46.4 Å². The average Bonchev–Trinajstić information content (AvgIpc) is 3.67. The highest BCUT2D eigenvalue weighted by Gasteiger charge is 2.50. The van der Waals surface area contributed by atoms with Gasteiger partial charge < -0.3 is 43.7 Å². The Balaban J connectivity index is 1.20. The maximum absolute atomic E-state index is 12.2. The summed E-state index contributed by atoms with van der Waals surface area (Å²) in [6.07, 6.45) is -1.98. The molecular weight excluding hydrogens is 494 g/mol. The van der Waals surface area contributed by atoms with Crippen molar-refractivity contribution in [1.29, 1.82) is 0 Å². The summed E-state index contributed by atoms with van der Waals surface area (Å²) < 4.78 is 27.8.